The smallest absolute Gasteiger partial charge is 0.291 e. The van der Waals surface area contributed by atoms with E-state index in [4.69, 9.17) is 5.73 Å². The Morgan fingerprint density at radius 2 is 1.93 bits per heavy atom. The highest BCUT2D eigenvalue weighted by Crippen LogP contribution is 2.28. The molecule has 1 aromatic heterocycles. The summed E-state index contributed by atoms with van der Waals surface area (Å²) in [4.78, 5) is 11.0. The van der Waals surface area contributed by atoms with Gasteiger partial charge in [-0.1, -0.05) is 30.3 Å². The number of benzene rings is 1. The van der Waals surface area contributed by atoms with Crippen LogP contribution in [0.15, 0.2) is 35.1 Å². The number of aromatic amines is 1. The molecule has 0 saturated carbocycles. The topological polar surface area (TPSA) is 92.0 Å². The van der Waals surface area contributed by atoms with Crippen LogP contribution in [0.1, 0.15) is 0 Å². The number of nitrogen functional groups attached to an aromatic ring is 1. The molecule has 5 nitrogen and oxygen atoms in total. The van der Waals surface area contributed by atoms with Gasteiger partial charge in [0, 0.05) is 5.56 Å². The lowest BCUT2D eigenvalue weighted by Crippen LogP contribution is -2.13. The third-order valence-electron chi connectivity index (χ3n) is 2.04. The summed E-state index contributed by atoms with van der Waals surface area (Å²) in [6.45, 7) is 0. The zero-order chi connectivity index (χ0) is 10.8. The number of aromatic nitrogens is 2. The maximum Gasteiger partial charge on any atom is 0.291 e. The third kappa shape index (κ3) is 1.54. The molecule has 1 heterocycles. The second-order valence-electron chi connectivity index (χ2n) is 3.03. The van der Waals surface area contributed by atoms with E-state index in [2.05, 4.69) is 10.2 Å². The zero-order valence-corrected chi connectivity index (χ0v) is 7.77. The molecule has 0 saturated heterocycles. The molecule has 0 amide bonds. The van der Waals surface area contributed by atoms with E-state index < -0.39 is 5.56 Å². The largest absolute Gasteiger partial charge is 0.504 e. The van der Waals surface area contributed by atoms with Crippen LogP contribution in [-0.2, 0) is 0 Å². The van der Waals surface area contributed by atoms with Crippen molar-refractivity contribution in [1.82, 2.24) is 10.2 Å². The average molecular weight is 203 g/mol. The minimum absolute atomic E-state index is 0.219. The van der Waals surface area contributed by atoms with Crippen molar-refractivity contribution in [3.63, 3.8) is 0 Å². The Hall–Kier alpha value is -2.30. The fourth-order valence-corrected chi connectivity index (χ4v) is 1.25. The van der Waals surface area contributed by atoms with Crippen LogP contribution in [0.4, 0.5) is 5.69 Å². The first-order chi connectivity index (χ1) is 7.20. The predicted molar refractivity (Wildman–Crippen MR) is 56.4 cm³/mol. The first-order valence-corrected chi connectivity index (χ1v) is 4.32. The monoisotopic (exact) mass is 203 g/mol. The van der Waals surface area contributed by atoms with Gasteiger partial charge in [0.25, 0.3) is 5.56 Å². The van der Waals surface area contributed by atoms with Crippen molar-refractivity contribution < 1.29 is 5.11 Å². The molecule has 2 aromatic rings. The molecule has 0 bridgehead atoms. The van der Waals surface area contributed by atoms with Crippen LogP contribution < -0.4 is 11.3 Å². The van der Waals surface area contributed by atoms with Crippen molar-refractivity contribution in [2.45, 2.75) is 0 Å². The van der Waals surface area contributed by atoms with Gasteiger partial charge in [-0.2, -0.15) is 5.10 Å². The van der Waals surface area contributed by atoms with Crippen LogP contribution in [0.3, 0.4) is 0 Å². The van der Waals surface area contributed by atoms with Crippen LogP contribution >= 0.6 is 0 Å². The molecule has 0 radical (unpaired) electrons. The minimum atomic E-state index is -0.591. The van der Waals surface area contributed by atoms with Gasteiger partial charge in [0.15, 0.2) is 5.75 Å². The van der Waals surface area contributed by atoms with Gasteiger partial charge in [-0.3, -0.25) is 4.79 Å². The molecule has 2 rings (SSSR count). The number of nitrogens with zero attached hydrogens (tertiary/aromatic N) is 1. The Morgan fingerprint density at radius 1 is 1.27 bits per heavy atom. The Kier molecular flexibility index (Phi) is 2.13. The Bertz CT molecular complexity index is 534. The quantitative estimate of drug-likeness (QED) is 0.636. The summed E-state index contributed by atoms with van der Waals surface area (Å²) < 4.78 is 0. The molecule has 15 heavy (non-hydrogen) atoms. The Labute approximate surface area is 85.2 Å². The average Bonchev–Trinajstić information content (AvgIpc) is 2.27. The van der Waals surface area contributed by atoms with E-state index in [1.807, 2.05) is 6.07 Å². The summed E-state index contributed by atoms with van der Waals surface area (Å²) in [7, 11) is 0. The normalized spacial score (nSPS) is 10.1. The van der Waals surface area contributed by atoms with Crippen LogP contribution in [-0.4, -0.2) is 15.3 Å². The van der Waals surface area contributed by atoms with Crippen molar-refractivity contribution in [2.24, 2.45) is 0 Å². The van der Waals surface area contributed by atoms with Crippen molar-refractivity contribution >= 4 is 5.69 Å². The van der Waals surface area contributed by atoms with Gasteiger partial charge < -0.3 is 10.8 Å². The second-order valence-corrected chi connectivity index (χ2v) is 3.03. The fourth-order valence-electron chi connectivity index (χ4n) is 1.25. The molecular formula is C10H9N3O2. The summed E-state index contributed by atoms with van der Waals surface area (Å²) >= 11 is 0. The number of anilines is 1. The molecule has 0 aliphatic carbocycles. The van der Waals surface area contributed by atoms with Gasteiger partial charge in [-0.05, 0) is 0 Å². The Balaban J connectivity index is 2.65. The van der Waals surface area contributed by atoms with Gasteiger partial charge in [0.2, 0.25) is 0 Å². The van der Waals surface area contributed by atoms with Gasteiger partial charge in [0.1, 0.15) is 11.4 Å². The number of rotatable bonds is 1. The van der Waals surface area contributed by atoms with Crippen molar-refractivity contribution in [1.29, 1.82) is 0 Å². The molecule has 4 N–H and O–H groups in total. The third-order valence-corrected chi connectivity index (χ3v) is 2.04. The highest BCUT2D eigenvalue weighted by Gasteiger charge is 2.11. The number of nitrogens with one attached hydrogen (secondary N) is 1. The lowest BCUT2D eigenvalue weighted by Gasteiger charge is -2.04. The van der Waals surface area contributed by atoms with E-state index in [9.17, 15) is 9.90 Å². The van der Waals surface area contributed by atoms with Crippen LogP contribution in [0, 0.1) is 0 Å². The summed E-state index contributed by atoms with van der Waals surface area (Å²) in [5.41, 5.74) is 5.54. The van der Waals surface area contributed by atoms with Crippen molar-refractivity contribution in [3.05, 3.63) is 40.7 Å². The molecule has 0 aliphatic heterocycles. The minimum Gasteiger partial charge on any atom is -0.504 e. The van der Waals surface area contributed by atoms with E-state index in [1.54, 1.807) is 24.3 Å². The molecule has 5 heteroatoms. The number of hydrogen-bond donors (Lipinski definition) is 3. The lowest BCUT2D eigenvalue weighted by atomic mass is 10.1. The fraction of sp³-hybridized carbons (Fsp3) is 0. The molecule has 0 fully saturated rings. The lowest BCUT2D eigenvalue weighted by molar-refractivity contribution is 0.475. The zero-order valence-electron chi connectivity index (χ0n) is 7.77. The van der Waals surface area contributed by atoms with Gasteiger partial charge in [0.05, 0.1) is 0 Å². The molecular weight excluding hydrogens is 194 g/mol. The van der Waals surface area contributed by atoms with Gasteiger partial charge >= 0.3 is 0 Å². The van der Waals surface area contributed by atoms with E-state index in [-0.39, 0.29) is 17.1 Å². The summed E-state index contributed by atoms with van der Waals surface area (Å²) in [5.74, 6) is -0.287. The molecule has 1 aromatic carbocycles. The molecule has 0 spiro atoms. The van der Waals surface area contributed by atoms with E-state index in [1.165, 1.54) is 0 Å². The SMILES string of the molecule is Nc1c(O)c(-c2ccccc2)n[nH]c1=O. The van der Waals surface area contributed by atoms with Gasteiger partial charge in [-0.15, -0.1) is 0 Å². The van der Waals surface area contributed by atoms with E-state index in [0.29, 0.717) is 5.56 Å². The first-order valence-electron chi connectivity index (χ1n) is 4.32. The Morgan fingerprint density at radius 3 is 2.60 bits per heavy atom. The highest BCUT2D eigenvalue weighted by molar-refractivity contribution is 5.71. The number of nitrogens with two attached hydrogens (primary N) is 1. The standard InChI is InChI=1S/C10H9N3O2/c11-7-9(14)8(12-13-10(7)15)6-4-2-1-3-5-6/h1-5H,(H2,11,12)(H2,13,14,15). The van der Waals surface area contributed by atoms with Gasteiger partial charge in [-0.25, -0.2) is 5.10 Å². The van der Waals surface area contributed by atoms with E-state index >= 15 is 0 Å². The van der Waals surface area contributed by atoms with Crippen LogP contribution in [0.25, 0.3) is 11.3 Å². The van der Waals surface area contributed by atoms with Crippen LogP contribution in [0.2, 0.25) is 0 Å². The summed E-state index contributed by atoms with van der Waals surface area (Å²) in [6.07, 6.45) is 0. The van der Waals surface area contributed by atoms with Crippen molar-refractivity contribution in [2.75, 3.05) is 5.73 Å². The molecule has 0 aliphatic rings. The maximum absolute atomic E-state index is 11.0. The highest BCUT2D eigenvalue weighted by atomic mass is 16.3. The second kappa shape index (κ2) is 3.45. The first kappa shape index (κ1) is 9.26. The summed E-state index contributed by atoms with van der Waals surface area (Å²) in [5, 5.41) is 15.6. The summed E-state index contributed by atoms with van der Waals surface area (Å²) in [6, 6.07) is 8.98. The predicted octanol–water partition coefficient (Wildman–Crippen LogP) is 0.725. The molecule has 0 atom stereocenters. The van der Waals surface area contributed by atoms with Crippen LogP contribution in [0.5, 0.6) is 5.75 Å². The maximum atomic E-state index is 11.0. The molecule has 0 unspecified atom stereocenters. The van der Waals surface area contributed by atoms with E-state index in [0.717, 1.165) is 0 Å². The molecule has 76 valence electrons. The number of H-pyrrole nitrogens is 1. The number of hydrogen-bond acceptors (Lipinski definition) is 4. The van der Waals surface area contributed by atoms with Crippen molar-refractivity contribution in [3.8, 4) is 17.0 Å². The number of aromatic hydroxyl groups is 1.